The highest BCUT2D eigenvalue weighted by Gasteiger charge is 2.29. The van der Waals surface area contributed by atoms with Crippen LogP contribution < -0.4 is 38.9 Å². The molecule has 0 aromatic heterocycles. The van der Waals surface area contributed by atoms with Crippen molar-refractivity contribution in [2.45, 2.75) is 56.7 Å². The first-order valence-electron chi connectivity index (χ1n) is 10.7. The van der Waals surface area contributed by atoms with Crippen LogP contribution in [0, 0.1) is 0 Å². The molecule has 0 fully saturated rings. The summed E-state index contributed by atoms with van der Waals surface area (Å²) in [6, 6.07) is -3.05. The van der Waals surface area contributed by atoms with Crippen molar-refractivity contribution < 1.29 is 24.3 Å². The number of nitrogens with zero attached hydrogens (tertiary/aromatic N) is 1. The highest BCUT2D eigenvalue weighted by molar-refractivity contribution is 7.98. The van der Waals surface area contributed by atoms with Gasteiger partial charge in [-0.25, -0.2) is 4.79 Å². The monoisotopic (exact) mass is 490 g/mol. The summed E-state index contributed by atoms with van der Waals surface area (Å²) in [7, 11) is 0. The van der Waals surface area contributed by atoms with E-state index in [0.717, 1.165) is 0 Å². The normalized spacial score (nSPS) is 13.3. The van der Waals surface area contributed by atoms with Crippen LogP contribution >= 0.6 is 11.8 Å². The van der Waals surface area contributed by atoms with Crippen molar-refractivity contribution >= 4 is 41.4 Å². The molecule has 13 nitrogen and oxygen atoms in total. The minimum Gasteiger partial charge on any atom is -0.480 e. The zero-order chi connectivity index (χ0) is 25.2. The summed E-state index contributed by atoms with van der Waals surface area (Å²) in [5.74, 6) is -2.48. The Labute approximate surface area is 198 Å². The molecule has 0 heterocycles. The van der Waals surface area contributed by atoms with Crippen LogP contribution in [0.15, 0.2) is 4.99 Å². The molecule has 0 aromatic carbocycles. The standard InChI is InChI=1S/C19H38N8O5S/c1-33-10-7-14(18(31)32)27-17(30)13(6-4-9-24-19(22)23)26-16(29)12(5-2-3-8-20)25-15(28)11-21/h12-14H,2-11,20-21H2,1H3,(H,25,28)(H,26,29)(H,27,30)(H,31,32)(H4,22,23,24). The molecule has 14 heteroatoms. The highest BCUT2D eigenvalue weighted by Crippen LogP contribution is 2.06. The number of carboxylic acid groups (broad SMARTS) is 1. The number of hydrogen-bond acceptors (Lipinski definition) is 8. The average molecular weight is 491 g/mol. The summed E-state index contributed by atoms with van der Waals surface area (Å²) < 4.78 is 0. The van der Waals surface area contributed by atoms with E-state index in [1.165, 1.54) is 11.8 Å². The number of amides is 3. The zero-order valence-electron chi connectivity index (χ0n) is 19.0. The number of carbonyl (C=O) groups excluding carboxylic acids is 3. The van der Waals surface area contributed by atoms with Crippen LogP contribution in [0.3, 0.4) is 0 Å². The predicted molar refractivity (Wildman–Crippen MR) is 128 cm³/mol. The van der Waals surface area contributed by atoms with Gasteiger partial charge in [-0.05, 0) is 57.1 Å². The van der Waals surface area contributed by atoms with E-state index in [-0.39, 0.29) is 31.9 Å². The fourth-order valence-electron chi connectivity index (χ4n) is 2.82. The summed E-state index contributed by atoms with van der Waals surface area (Å²) in [6.07, 6.45) is 4.11. The minimum absolute atomic E-state index is 0.104. The number of thioether (sulfide) groups is 1. The number of hydrogen-bond donors (Lipinski definition) is 8. The smallest absolute Gasteiger partial charge is 0.326 e. The molecular formula is C19H38N8O5S. The van der Waals surface area contributed by atoms with Crippen LogP contribution in [-0.2, 0) is 19.2 Å². The Morgan fingerprint density at radius 1 is 0.879 bits per heavy atom. The Hall–Kier alpha value is -2.58. The van der Waals surface area contributed by atoms with Crippen LogP contribution in [0.25, 0.3) is 0 Å². The maximum absolute atomic E-state index is 12.9. The van der Waals surface area contributed by atoms with Crippen molar-refractivity contribution in [2.75, 3.05) is 31.6 Å². The van der Waals surface area contributed by atoms with Crippen molar-refractivity contribution in [1.82, 2.24) is 16.0 Å². The molecule has 0 rings (SSSR count). The molecule has 0 aliphatic rings. The van der Waals surface area contributed by atoms with Gasteiger partial charge in [-0.15, -0.1) is 0 Å². The van der Waals surface area contributed by atoms with Crippen molar-refractivity contribution in [1.29, 1.82) is 0 Å². The van der Waals surface area contributed by atoms with Gasteiger partial charge in [0.25, 0.3) is 0 Å². The molecule has 33 heavy (non-hydrogen) atoms. The van der Waals surface area contributed by atoms with Gasteiger partial charge in [0.1, 0.15) is 18.1 Å². The van der Waals surface area contributed by atoms with Crippen LogP contribution in [0.2, 0.25) is 0 Å². The van der Waals surface area contributed by atoms with Crippen LogP contribution in [0.5, 0.6) is 0 Å². The first kappa shape index (κ1) is 30.4. The SMILES string of the molecule is CSCCC(NC(=O)C(CCCN=C(N)N)NC(=O)C(CCCCN)NC(=O)CN)C(=O)O. The third-order valence-corrected chi connectivity index (χ3v) is 5.23. The molecule has 0 aliphatic heterocycles. The Morgan fingerprint density at radius 3 is 1.97 bits per heavy atom. The van der Waals surface area contributed by atoms with Gasteiger partial charge in [0.05, 0.1) is 6.54 Å². The zero-order valence-corrected chi connectivity index (χ0v) is 19.9. The van der Waals surface area contributed by atoms with Gasteiger partial charge in [0.2, 0.25) is 17.7 Å². The number of carbonyl (C=O) groups is 4. The topological polar surface area (TPSA) is 241 Å². The lowest BCUT2D eigenvalue weighted by atomic mass is 10.1. The lowest BCUT2D eigenvalue weighted by molar-refractivity contribution is -0.142. The lowest BCUT2D eigenvalue weighted by Gasteiger charge is -2.24. The molecule has 190 valence electrons. The first-order valence-corrected chi connectivity index (χ1v) is 12.1. The van der Waals surface area contributed by atoms with Gasteiger partial charge in [-0.1, -0.05) is 0 Å². The van der Waals surface area contributed by atoms with Gasteiger partial charge in [-0.2, -0.15) is 11.8 Å². The summed E-state index contributed by atoms with van der Waals surface area (Å²) in [5, 5.41) is 17.0. The van der Waals surface area contributed by atoms with Crippen molar-refractivity contribution in [3.05, 3.63) is 0 Å². The van der Waals surface area contributed by atoms with E-state index in [2.05, 4.69) is 20.9 Å². The van der Waals surface area contributed by atoms with Gasteiger partial charge < -0.3 is 44.0 Å². The number of nitrogens with two attached hydrogens (primary N) is 4. The summed E-state index contributed by atoms with van der Waals surface area (Å²) in [5.41, 5.74) is 21.4. The van der Waals surface area contributed by atoms with Gasteiger partial charge >= 0.3 is 5.97 Å². The molecule has 3 unspecified atom stereocenters. The number of carboxylic acids is 1. The fourth-order valence-corrected chi connectivity index (χ4v) is 3.30. The third kappa shape index (κ3) is 14.2. The van der Waals surface area contributed by atoms with E-state index >= 15 is 0 Å². The van der Waals surface area contributed by atoms with Gasteiger partial charge in [0, 0.05) is 6.54 Å². The molecular weight excluding hydrogens is 452 g/mol. The first-order chi connectivity index (χ1) is 15.7. The van der Waals surface area contributed by atoms with Gasteiger partial charge in [0.15, 0.2) is 5.96 Å². The number of aliphatic carboxylic acids is 1. The Kier molecular flexibility index (Phi) is 16.5. The molecule has 0 saturated heterocycles. The van der Waals surface area contributed by atoms with Crippen LogP contribution in [-0.4, -0.2) is 84.5 Å². The largest absolute Gasteiger partial charge is 0.480 e. The van der Waals surface area contributed by atoms with E-state index in [0.29, 0.717) is 38.0 Å². The molecule has 0 saturated carbocycles. The maximum Gasteiger partial charge on any atom is 0.326 e. The number of guanidine groups is 1. The maximum atomic E-state index is 12.9. The highest BCUT2D eigenvalue weighted by atomic mass is 32.2. The van der Waals surface area contributed by atoms with E-state index in [1.807, 2.05) is 6.26 Å². The second kappa shape index (κ2) is 17.9. The quantitative estimate of drug-likeness (QED) is 0.0566. The fraction of sp³-hybridized carbons (Fsp3) is 0.737. The Balaban J connectivity index is 5.41. The summed E-state index contributed by atoms with van der Waals surface area (Å²) in [6.45, 7) is 0.362. The minimum atomic E-state index is -1.17. The van der Waals surface area contributed by atoms with Crippen molar-refractivity contribution in [3.63, 3.8) is 0 Å². The Bertz CT molecular complexity index is 660. The van der Waals surface area contributed by atoms with Crippen molar-refractivity contribution in [3.8, 4) is 0 Å². The second-order valence-electron chi connectivity index (χ2n) is 7.30. The molecule has 0 bridgehead atoms. The lowest BCUT2D eigenvalue weighted by Crippen LogP contribution is -2.56. The summed E-state index contributed by atoms with van der Waals surface area (Å²) >= 11 is 1.45. The van der Waals surface area contributed by atoms with Gasteiger partial charge in [-0.3, -0.25) is 19.4 Å². The number of nitrogens with one attached hydrogen (secondary N) is 3. The second-order valence-corrected chi connectivity index (χ2v) is 8.29. The molecule has 12 N–H and O–H groups in total. The van der Waals surface area contributed by atoms with E-state index in [4.69, 9.17) is 22.9 Å². The number of rotatable bonds is 18. The third-order valence-electron chi connectivity index (χ3n) is 4.59. The average Bonchev–Trinajstić information content (AvgIpc) is 2.77. The molecule has 3 atom stereocenters. The predicted octanol–water partition coefficient (Wildman–Crippen LogP) is -2.58. The molecule has 0 spiro atoms. The van der Waals surface area contributed by atoms with E-state index in [1.54, 1.807) is 0 Å². The molecule has 3 amide bonds. The Morgan fingerprint density at radius 2 is 1.45 bits per heavy atom. The molecule has 0 aromatic rings. The number of aliphatic imine (C=N–C) groups is 1. The molecule has 0 radical (unpaired) electrons. The van der Waals surface area contributed by atoms with Crippen molar-refractivity contribution in [2.24, 2.45) is 27.9 Å². The summed E-state index contributed by atoms with van der Waals surface area (Å²) in [4.78, 5) is 52.8. The van der Waals surface area contributed by atoms with E-state index < -0.39 is 41.8 Å². The molecule has 0 aliphatic carbocycles. The van der Waals surface area contributed by atoms with Crippen LogP contribution in [0.4, 0.5) is 0 Å². The van der Waals surface area contributed by atoms with Crippen LogP contribution in [0.1, 0.15) is 38.5 Å². The number of unbranched alkanes of at least 4 members (excludes halogenated alkanes) is 1. The van der Waals surface area contributed by atoms with E-state index in [9.17, 15) is 24.3 Å².